The predicted octanol–water partition coefficient (Wildman–Crippen LogP) is 3.34. The topological polar surface area (TPSA) is 80.6 Å². The SMILES string of the molecule is Cc1cccc(OCC(=O)NNC(=O)c2cc3cc(Br)ccc3o2)c1. The van der Waals surface area contributed by atoms with Crippen LogP contribution in [0, 0.1) is 6.92 Å². The van der Waals surface area contributed by atoms with E-state index in [-0.39, 0.29) is 12.4 Å². The largest absolute Gasteiger partial charge is 0.484 e. The van der Waals surface area contributed by atoms with Crippen LogP contribution in [0.4, 0.5) is 0 Å². The maximum atomic E-state index is 12.1. The second kappa shape index (κ2) is 7.40. The van der Waals surface area contributed by atoms with E-state index in [1.807, 2.05) is 37.3 Å². The van der Waals surface area contributed by atoms with Crippen LogP contribution in [0.5, 0.6) is 5.75 Å². The van der Waals surface area contributed by atoms with Gasteiger partial charge in [-0.1, -0.05) is 28.1 Å². The zero-order chi connectivity index (χ0) is 17.8. The van der Waals surface area contributed by atoms with E-state index in [9.17, 15) is 9.59 Å². The smallest absolute Gasteiger partial charge is 0.305 e. The maximum absolute atomic E-state index is 12.1. The van der Waals surface area contributed by atoms with Gasteiger partial charge in [-0.3, -0.25) is 20.4 Å². The predicted molar refractivity (Wildman–Crippen MR) is 96.2 cm³/mol. The second-order valence-corrected chi connectivity index (χ2v) is 6.32. The van der Waals surface area contributed by atoms with Crippen molar-refractivity contribution in [1.82, 2.24) is 10.9 Å². The Labute approximate surface area is 152 Å². The van der Waals surface area contributed by atoms with Crippen LogP contribution in [-0.2, 0) is 4.79 Å². The first-order valence-electron chi connectivity index (χ1n) is 7.49. The molecule has 0 aliphatic heterocycles. The molecule has 128 valence electrons. The van der Waals surface area contributed by atoms with Crippen molar-refractivity contribution in [2.75, 3.05) is 6.61 Å². The molecule has 2 N–H and O–H groups in total. The van der Waals surface area contributed by atoms with Gasteiger partial charge in [0, 0.05) is 9.86 Å². The van der Waals surface area contributed by atoms with Crippen LogP contribution in [-0.4, -0.2) is 18.4 Å². The minimum Gasteiger partial charge on any atom is -0.484 e. The number of carbonyl (C=O) groups is 2. The number of rotatable bonds is 4. The van der Waals surface area contributed by atoms with Crippen LogP contribution in [0.3, 0.4) is 0 Å². The molecule has 2 amide bonds. The summed E-state index contributed by atoms with van der Waals surface area (Å²) in [5.74, 6) is -0.331. The van der Waals surface area contributed by atoms with Gasteiger partial charge in [-0.15, -0.1) is 0 Å². The lowest BCUT2D eigenvalue weighted by molar-refractivity contribution is -0.123. The Kier molecular flexibility index (Phi) is 5.04. The number of nitrogens with one attached hydrogen (secondary N) is 2. The van der Waals surface area contributed by atoms with Crippen molar-refractivity contribution in [2.24, 2.45) is 0 Å². The van der Waals surface area contributed by atoms with Crippen molar-refractivity contribution in [3.63, 3.8) is 0 Å². The maximum Gasteiger partial charge on any atom is 0.305 e. The zero-order valence-electron chi connectivity index (χ0n) is 13.3. The molecule has 6 nitrogen and oxygen atoms in total. The summed E-state index contributed by atoms with van der Waals surface area (Å²) in [5.41, 5.74) is 6.20. The van der Waals surface area contributed by atoms with E-state index in [2.05, 4.69) is 26.8 Å². The van der Waals surface area contributed by atoms with Crippen LogP contribution in [0.25, 0.3) is 11.0 Å². The van der Waals surface area contributed by atoms with Crippen molar-refractivity contribution in [3.05, 3.63) is 64.3 Å². The first kappa shape index (κ1) is 17.0. The first-order valence-corrected chi connectivity index (χ1v) is 8.28. The highest BCUT2D eigenvalue weighted by atomic mass is 79.9. The van der Waals surface area contributed by atoms with Gasteiger partial charge in [-0.2, -0.15) is 0 Å². The molecule has 0 unspecified atom stereocenters. The molecule has 25 heavy (non-hydrogen) atoms. The number of hydrogen-bond donors (Lipinski definition) is 2. The van der Waals surface area contributed by atoms with E-state index in [1.54, 1.807) is 18.2 Å². The molecule has 0 saturated carbocycles. The van der Waals surface area contributed by atoms with Gasteiger partial charge in [-0.05, 0) is 48.9 Å². The number of furan rings is 1. The first-order chi connectivity index (χ1) is 12.0. The molecule has 0 bridgehead atoms. The van der Waals surface area contributed by atoms with Crippen molar-refractivity contribution in [3.8, 4) is 5.75 Å². The van der Waals surface area contributed by atoms with E-state index in [0.717, 1.165) is 15.4 Å². The van der Waals surface area contributed by atoms with Crippen LogP contribution < -0.4 is 15.6 Å². The molecular formula is C18H15BrN2O4. The summed E-state index contributed by atoms with van der Waals surface area (Å²) >= 11 is 3.36. The molecule has 0 spiro atoms. The van der Waals surface area contributed by atoms with Gasteiger partial charge in [0.05, 0.1) is 0 Å². The lowest BCUT2D eigenvalue weighted by Crippen LogP contribution is -2.43. The van der Waals surface area contributed by atoms with E-state index in [0.29, 0.717) is 11.3 Å². The Morgan fingerprint density at radius 3 is 2.76 bits per heavy atom. The average molecular weight is 403 g/mol. The number of aryl methyl sites for hydroxylation is 1. The molecule has 0 saturated heterocycles. The highest BCUT2D eigenvalue weighted by molar-refractivity contribution is 9.10. The molecule has 7 heteroatoms. The minimum atomic E-state index is -0.545. The van der Waals surface area contributed by atoms with Gasteiger partial charge < -0.3 is 9.15 Å². The number of amides is 2. The van der Waals surface area contributed by atoms with Gasteiger partial charge >= 0.3 is 5.91 Å². The lowest BCUT2D eigenvalue weighted by atomic mass is 10.2. The molecule has 0 aliphatic carbocycles. The van der Waals surface area contributed by atoms with Crippen molar-refractivity contribution in [2.45, 2.75) is 6.92 Å². The highest BCUT2D eigenvalue weighted by Gasteiger charge is 2.13. The van der Waals surface area contributed by atoms with Crippen molar-refractivity contribution < 1.29 is 18.7 Å². The van der Waals surface area contributed by atoms with E-state index in [4.69, 9.17) is 9.15 Å². The number of fused-ring (bicyclic) bond motifs is 1. The fourth-order valence-electron chi connectivity index (χ4n) is 2.20. The van der Waals surface area contributed by atoms with E-state index in [1.165, 1.54) is 0 Å². The fraction of sp³-hybridized carbons (Fsp3) is 0.111. The molecule has 3 aromatic rings. The molecule has 0 aliphatic rings. The number of hydrazine groups is 1. The van der Waals surface area contributed by atoms with Gasteiger partial charge in [0.1, 0.15) is 11.3 Å². The third-order valence-corrected chi connectivity index (χ3v) is 3.87. The molecule has 3 rings (SSSR count). The molecule has 0 atom stereocenters. The minimum absolute atomic E-state index is 0.105. The molecule has 1 aromatic heterocycles. The summed E-state index contributed by atoms with van der Waals surface area (Å²) in [6.07, 6.45) is 0. The Morgan fingerprint density at radius 2 is 1.96 bits per heavy atom. The Balaban J connectivity index is 1.53. The summed E-state index contributed by atoms with van der Waals surface area (Å²) in [6, 6.07) is 14.4. The van der Waals surface area contributed by atoms with E-state index < -0.39 is 11.8 Å². The number of halogens is 1. The number of benzene rings is 2. The van der Waals surface area contributed by atoms with Gasteiger partial charge in [0.15, 0.2) is 12.4 Å². The second-order valence-electron chi connectivity index (χ2n) is 5.40. The number of ether oxygens (including phenoxy) is 1. The third-order valence-electron chi connectivity index (χ3n) is 3.38. The highest BCUT2D eigenvalue weighted by Crippen LogP contribution is 2.23. The fourth-order valence-corrected chi connectivity index (χ4v) is 2.58. The summed E-state index contributed by atoms with van der Waals surface area (Å²) in [5, 5.41) is 0.786. The van der Waals surface area contributed by atoms with Crippen LogP contribution in [0.15, 0.2) is 57.4 Å². The van der Waals surface area contributed by atoms with Crippen LogP contribution in [0.1, 0.15) is 16.1 Å². The number of carbonyl (C=O) groups excluding carboxylic acids is 2. The van der Waals surface area contributed by atoms with Crippen LogP contribution >= 0.6 is 15.9 Å². The Morgan fingerprint density at radius 1 is 1.12 bits per heavy atom. The summed E-state index contributed by atoms with van der Waals surface area (Å²) in [6.45, 7) is 1.72. The lowest BCUT2D eigenvalue weighted by Gasteiger charge is -2.08. The van der Waals surface area contributed by atoms with Crippen molar-refractivity contribution in [1.29, 1.82) is 0 Å². The van der Waals surface area contributed by atoms with Crippen LogP contribution in [0.2, 0.25) is 0 Å². The Hall–Kier alpha value is -2.80. The normalized spacial score (nSPS) is 10.5. The van der Waals surface area contributed by atoms with Gasteiger partial charge in [0.25, 0.3) is 5.91 Å². The quantitative estimate of drug-likeness (QED) is 0.655. The standard InChI is InChI=1S/C18H15BrN2O4/c1-11-3-2-4-14(7-11)24-10-17(22)20-21-18(23)16-9-12-8-13(19)5-6-15(12)25-16/h2-9H,10H2,1H3,(H,20,22)(H,21,23). The van der Waals surface area contributed by atoms with Gasteiger partial charge in [0.2, 0.25) is 0 Å². The van der Waals surface area contributed by atoms with Crippen molar-refractivity contribution >= 4 is 38.7 Å². The monoisotopic (exact) mass is 402 g/mol. The molecule has 0 radical (unpaired) electrons. The summed E-state index contributed by atoms with van der Waals surface area (Å²) in [7, 11) is 0. The molecule has 2 aromatic carbocycles. The van der Waals surface area contributed by atoms with Gasteiger partial charge in [-0.25, -0.2) is 0 Å². The number of hydrogen-bond acceptors (Lipinski definition) is 4. The molecule has 0 fully saturated rings. The Bertz CT molecular complexity index is 936. The zero-order valence-corrected chi connectivity index (χ0v) is 14.9. The molecule has 1 heterocycles. The summed E-state index contributed by atoms with van der Waals surface area (Å²) < 4.78 is 11.7. The average Bonchev–Trinajstić information content (AvgIpc) is 3.01. The third kappa shape index (κ3) is 4.39. The summed E-state index contributed by atoms with van der Waals surface area (Å²) in [4.78, 5) is 23.8. The molecular weight excluding hydrogens is 388 g/mol. The van der Waals surface area contributed by atoms with E-state index >= 15 is 0 Å².